The molecule has 0 amide bonds. The van der Waals surface area contributed by atoms with Gasteiger partial charge in [-0.3, -0.25) is 4.90 Å². The van der Waals surface area contributed by atoms with Gasteiger partial charge in [0, 0.05) is 18.7 Å². The average molecular weight is 156 g/mol. The van der Waals surface area contributed by atoms with Crippen molar-refractivity contribution in [1.82, 2.24) is 10.1 Å². The van der Waals surface area contributed by atoms with Crippen molar-refractivity contribution >= 4 is 12.2 Å². The molecule has 2 rings (SSSR count). The minimum Gasteiger partial charge on any atom is -0.370 e. The Bertz CT molecular complexity index is 301. The summed E-state index contributed by atoms with van der Waals surface area (Å²) < 4.78 is 5.56. The molecule has 1 N–H and O–H groups in total. The van der Waals surface area contributed by atoms with E-state index in [1.807, 2.05) is 0 Å². The lowest BCUT2D eigenvalue weighted by atomic mass is 10.3. The molecule has 1 aromatic rings. The van der Waals surface area contributed by atoms with Crippen molar-refractivity contribution in [3.05, 3.63) is 16.0 Å². The van der Waals surface area contributed by atoms with Crippen molar-refractivity contribution in [2.24, 2.45) is 0 Å². The minimum absolute atomic E-state index is 0.611. The molecule has 2 heterocycles. The summed E-state index contributed by atoms with van der Waals surface area (Å²) in [5, 5.41) is 2.80. The maximum atomic E-state index is 4.95. The highest BCUT2D eigenvalue weighted by molar-refractivity contribution is 7.71. The molecule has 1 aliphatic heterocycles. The van der Waals surface area contributed by atoms with Gasteiger partial charge in [-0.05, 0) is 19.3 Å². The zero-order chi connectivity index (χ0) is 7.14. The molecule has 0 radical (unpaired) electrons. The van der Waals surface area contributed by atoms with Gasteiger partial charge in [0.25, 0.3) is 0 Å². The van der Waals surface area contributed by atoms with Crippen molar-refractivity contribution in [3.8, 4) is 0 Å². The third kappa shape index (κ3) is 0.726. The normalized spacial score (nSPS) is 17.7. The van der Waals surface area contributed by atoms with Crippen molar-refractivity contribution < 1.29 is 4.52 Å². The van der Waals surface area contributed by atoms with Crippen LogP contribution in [0.2, 0.25) is 0 Å². The highest BCUT2D eigenvalue weighted by Gasteiger charge is 2.19. The van der Waals surface area contributed by atoms with Crippen LogP contribution in [0.25, 0.3) is 0 Å². The van der Waals surface area contributed by atoms with Crippen LogP contribution in [0.15, 0.2) is 4.52 Å². The van der Waals surface area contributed by atoms with Gasteiger partial charge in [0.15, 0.2) is 0 Å². The molecule has 0 saturated carbocycles. The van der Waals surface area contributed by atoms with Crippen LogP contribution < -0.4 is 0 Å². The lowest BCUT2D eigenvalue weighted by Crippen LogP contribution is -2.08. The topological polar surface area (TPSA) is 32.2 Å². The van der Waals surface area contributed by atoms with Crippen LogP contribution in [0.5, 0.6) is 0 Å². The molecule has 0 spiro atoms. The van der Waals surface area contributed by atoms with E-state index in [9.17, 15) is 0 Å². The van der Waals surface area contributed by atoms with E-state index in [1.54, 1.807) is 0 Å². The van der Waals surface area contributed by atoms with E-state index in [2.05, 4.69) is 17.1 Å². The average Bonchev–Trinajstić information content (AvgIpc) is 2.35. The number of nitrogens with one attached hydrogen (secondary N) is 1. The molecular formula is C6H8N2OS. The molecular weight excluding hydrogens is 148 g/mol. The van der Waals surface area contributed by atoms with E-state index >= 15 is 0 Å². The predicted octanol–water partition coefficient (Wildman–Crippen LogP) is 1.28. The van der Waals surface area contributed by atoms with E-state index in [0.29, 0.717) is 4.71 Å². The zero-order valence-electron chi connectivity index (χ0n) is 5.68. The number of hydrogen-bond acceptors (Lipinski definition) is 3. The number of aromatic nitrogens is 1. The first-order chi connectivity index (χ1) is 4.77. The van der Waals surface area contributed by atoms with Crippen LogP contribution in [0.1, 0.15) is 11.3 Å². The van der Waals surface area contributed by atoms with E-state index < -0.39 is 0 Å². The van der Waals surface area contributed by atoms with Gasteiger partial charge in [0.2, 0.25) is 4.71 Å². The highest BCUT2D eigenvalue weighted by atomic mass is 32.1. The summed E-state index contributed by atoms with van der Waals surface area (Å²) >= 11 is 4.94. The molecule has 0 atom stereocenters. The fourth-order valence-corrected chi connectivity index (χ4v) is 1.47. The fourth-order valence-electron chi connectivity index (χ4n) is 1.24. The number of fused-ring (bicyclic) bond motifs is 1. The summed E-state index contributed by atoms with van der Waals surface area (Å²) in [5.41, 5.74) is 2.28. The number of H-pyrrole nitrogens is 1. The Morgan fingerprint density at radius 3 is 3.10 bits per heavy atom. The highest BCUT2D eigenvalue weighted by Crippen LogP contribution is 2.20. The van der Waals surface area contributed by atoms with E-state index in [4.69, 9.17) is 16.7 Å². The Balaban J connectivity index is 2.53. The predicted molar refractivity (Wildman–Crippen MR) is 39.1 cm³/mol. The minimum atomic E-state index is 0.611. The Hall–Kier alpha value is -0.610. The van der Waals surface area contributed by atoms with Gasteiger partial charge in [0.1, 0.15) is 0 Å². The van der Waals surface area contributed by atoms with Gasteiger partial charge in [-0.2, -0.15) is 0 Å². The van der Waals surface area contributed by atoms with Crippen LogP contribution in [0.3, 0.4) is 0 Å². The van der Waals surface area contributed by atoms with E-state index in [-0.39, 0.29) is 0 Å². The number of hydrogen-bond donors (Lipinski definition) is 1. The molecule has 54 valence electrons. The van der Waals surface area contributed by atoms with Crippen molar-refractivity contribution in [2.45, 2.75) is 13.1 Å². The maximum Gasteiger partial charge on any atom is 0.224 e. The summed E-state index contributed by atoms with van der Waals surface area (Å²) in [6, 6.07) is 0. The second kappa shape index (κ2) is 1.93. The second-order valence-electron chi connectivity index (χ2n) is 2.62. The maximum absolute atomic E-state index is 4.95. The van der Waals surface area contributed by atoms with E-state index in [1.165, 1.54) is 0 Å². The first-order valence-corrected chi connectivity index (χ1v) is 3.56. The van der Waals surface area contributed by atoms with Gasteiger partial charge in [-0.1, -0.05) is 0 Å². The summed E-state index contributed by atoms with van der Waals surface area (Å²) in [7, 11) is 2.06. The smallest absolute Gasteiger partial charge is 0.224 e. The molecule has 10 heavy (non-hydrogen) atoms. The first-order valence-electron chi connectivity index (χ1n) is 3.15. The van der Waals surface area contributed by atoms with Crippen molar-refractivity contribution in [1.29, 1.82) is 0 Å². The monoisotopic (exact) mass is 156 g/mol. The number of nitrogens with zero attached hydrogens (tertiary/aromatic N) is 1. The van der Waals surface area contributed by atoms with Gasteiger partial charge in [-0.15, -0.1) is 0 Å². The zero-order valence-corrected chi connectivity index (χ0v) is 6.49. The van der Waals surface area contributed by atoms with Gasteiger partial charge < -0.3 is 4.52 Å². The molecule has 0 aliphatic carbocycles. The van der Waals surface area contributed by atoms with Gasteiger partial charge in [0.05, 0.1) is 5.69 Å². The lowest BCUT2D eigenvalue weighted by Gasteiger charge is -2.02. The quantitative estimate of drug-likeness (QED) is 0.574. The molecule has 0 fully saturated rings. The molecule has 0 unspecified atom stereocenters. The van der Waals surface area contributed by atoms with Crippen LogP contribution in [-0.4, -0.2) is 17.1 Å². The SMILES string of the molecule is CN1Cc2[nH]oc(=S)c2C1. The molecule has 0 aromatic carbocycles. The fraction of sp³-hybridized carbons (Fsp3) is 0.500. The number of rotatable bonds is 0. The molecule has 0 saturated heterocycles. The first kappa shape index (κ1) is 6.12. The van der Waals surface area contributed by atoms with Crippen LogP contribution in [0, 0.1) is 4.71 Å². The second-order valence-corrected chi connectivity index (χ2v) is 2.99. The molecule has 1 aromatic heterocycles. The van der Waals surface area contributed by atoms with Crippen LogP contribution in [-0.2, 0) is 13.1 Å². The summed E-state index contributed by atoms with van der Waals surface area (Å²) in [6.45, 7) is 1.84. The molecule has 4 heteroatoms. The van der Waals surface area contributed by atoms with Crippen LogP contribution in [0.4, 0.5) is 0 Å². The third-order valence-corrected chi connectivity index (χ3v) is 2.06. The third-order valence-electron chi connectivity index (χ3n) is 1.73. The standard InChI is InChI=1S/C6H8N2OS/c1-8-2-4-5(3-8)7-9-6(4)10/h7H,2-3H2,1H3. The summed E-state index contributed by atoms with van der Waals surface area (Å²) in [5.74, 6) is 0. The summed E-state index contributed by atoms with van der Waals surface area (Å²) in [4.78, 5) is 2.19. The van der Waals surface area contributed by atoms with E-state index in [0.717, 1.165) is 24.3 Å². The van der Waals surface area contributed by atoms with Crippen LogP contribution >= 0.6 is 12.2 Å². The summed E-state index contributed by atoms with van der Waals surface area (Å²) in [6.07, 6.45) is 0. The Kier molecular flexibility index (Phi) is 1.18. The van der Waals surface area contributed by atoms with Gasteiger partial charge in [-0.25, -0.2) is 5.16 Å². The molecule has 1 aliphatic rings. The number of aromatic amines is 1. The largest absolute Gasteiger partial charge is 0.370 e. The molecule has 3 nitrogen and oxygen atoms in total. The lowest BCUT2D eigenvalue weighted by molar-refractivity contribution is 0.318. The Morgan fingerprint density at radius 1 is 1.60 bits per heavy atom. The molecule has 0 bridgehead atoms. The van der Waals surface area contributed by atoms with Crippen molar-refractivity contribution in [3.63, 3.8) is 0 Å². The Morgan fingerprint density at radius 2 is 2.40 bits per heavy atom. The van der Waals surface area contributed by atoms with Gasteiger partial charge >= 0.3 is 0 Å². The Labute approximate surface area is 63.6 Å². The van der Waals surface area contributed by atoms with Crippen molar-refractivity contribution in [2.75, 3.05) is 7.05 Å².